The number of anilines is 1. The van der Waals surface area contributed by atoms with Crippen molar-refractivity contribution in [1.29, 1.82) is 5.26 Å². The van der Waals surface area contributed by atoms with E-state index in [1.807, 2.05) is 18.2 Å². The van der Waals surface area contributed by atoms with Crippen molar-refractivity contribution in [3.8, 4) is 17.6 Å². The molecule has 0 spiro atoms. The molecule has 0 fully saturated rings. The van der Waals surface area contributed by atoms with Gasteiger partial charge in [0.1, 0.15) is 22.7 Å². The Morgan fingerprint density at radius 1 is 1.20 bits per heavy atom. The third-order valence-electron chi connectivity index (χ3n) is 4.11. The summed E-state index contributed by atoms with van der Waals surface area (Å²) in [6.45, 7) is 5.93. The van der Waals surface area contributed by atoms with E-state index in [1.54, 1.807) is 24.3 Å². The summed E-state index contributed by atoms with van der Waals surface area (Å²) in [6.07, 6.45) is 0. The maximum absolute atomic E-state index is 11.2. The molecule has 1 heterocycles. The number of fused-ring (bicyclic) bond motifs is 2. The predicted molar refractivity (Wildman–Crippen MR) is 93.6 cm³/mol. The van der Waals surface area contributed by atoms with Crippen molar-refractivity contribution in [1.82, 2.24) is 0 Å². The smallest absolute Gasteiger partial charge is 0.347 e. The molecular formula is C19H17N3O3. The van der Waals surface area contributed by atoms with Crippen molar-refractivity contribution in [2.24, 2.45) is 4.99 Å². The SMILES string of the molecule is CCN(CC)c1ccc2c(c1)Oc1c/c(=C(/C#N)C(=O)O)ccc1=N2. The highest BCUT2D eigenvalue weighted by Gasteiger charge is 2.15. The summed E-state index contributed by atoms with van der Waals surface area (Å²) in [5, 5.41) is 19.0. The predicted octanol–water partition coefficient (Wildman–Crippen LogP) is 2.35. The van der Waals surface area contributed by atoms with Crippen LogP contribution in [-0.2, 0) is 4.79 Å². The van der Waals surface area contributed by atoms with Gasteiger partial charge in [-0.25, -0.2) is 9.79 Å². The number of hydrogen-bond donors (Lipinski definition) is 1. The third-order valence-corrected chi connectivity index (χ3v) is 4.11. The molecule has 0 aliphatic carbocycles. The van der Waals surface area contributed by atoms with Crippen LogP contribution in [0, 0.1) is 11.3 Å². The van der Waals surface area contributed by atoms with Crippen molar-refractivity contribution >= 4 is 22.9 Å². The molecule has 0 radical (unpaired) electrons. The quantitative estimate of drug-likeness (QED) is 0.791. The molecule has 0 aromatic heterocycles. The molecule has 6 heteroatoms. The van der Waals surface area contributed by atoms with Crippen LogP contribution in [0.3, 0.4) is 0 Å². The Kier molecular flexibility index (Phi) is 4.40. The molecule has 1 aliphatic rings. The topological polar surface area (TPSA) is 85.9 Å². The van der Waals surface area contributed by atoms with E-state index in [1.165, 1.54) is 0 Å². The number of nitriles is 1. The lowest BCUT2D eigenvalue weighted by atomic mass is 10.1. The fraction of sp³-hybridized carbons (Fsp3) is 0.211. The largest absolute Gasteiger partial charge is 0.477 e. The maximum Gasteiger partial charge on any atom is 0.347 e. The Morgan fingerprint density at radius 3 is 2.60 bits per heavy atom. The van der Waals surface area contributed by atoms with Crippen LogP contribution in [0.25, 0.3) is 5.57 Å². The van der Waals surface area contributed by atoms with Crippen molar-refractivity contribution in [3.05, 3.63) is 47.0 Å². The molecule has 1 aliphatic heterocycles. The zero-order chi connectivity index (χ0) is 18.0. The molecule has 0 bridgehead atoms. The Morgan fingerprint density at radius 2 is 1.96 bits per heavy atom. The first-order valence-electron chi connectivity index (χ1n) is 8.00. The highest BCUT2D eigenvalue weighted by atomic mass is 16.5. The van der Waals surface area contributed by atoms with E-state index in [4.69, 9.17) is 15.1 Å². The molecule has 0 unspecified atom stereocenters. The van der Waals surface area contributed by atoms with E-state index in [9.17, 15) is 4.79 Å². The van der Waals surface area contributed by atoms with Crippen LogP contribution in [-0.4, -0.2) is 24.2 Å². The van der Waals surface area contributed by atoms with Crippen LogP contribution in [0.1, 0.15) is 13.8 Å². The number of nitrogens with zero attached hydrogens (tertiary/aromatic N) is 3. The van der Waals surface area contributed by atoms with E-state index in [0.717, 1.165) is 24.5 Å². The summed E-state index contributed by atoms with van der Waals surface area (Å²) >= 11 is 0. The van der Waals surface area contributed by atoms with Crippen LogP contribution in [0.2, 0.25) is 0 Å². The van der Waals surface area contributed by atoms with Crippen LogP contribution < -0.4 is 20.2 Å². The van der Waals surface area contributed by atoms with Gasteiger partial charge < -0.3 is 14.7 Å². The second kappa shape index (κ2) is 6.65. The zero-order valence-electron chi connectivity index (χ0n) is 14.0. The minimum absolute atomic E-state index is 0.298. The normalized spacial score (nSPS) is 12.7. The minimum atomic E-state index is -1.26. The third kappa shape index (κ3) is 3.04. The molecule has 0 saturated carbocycles. The van der Waals surface area contributed by atoms with E-state index >= 15 is 0 Å². The summed E-state index contributed by atoms with van der Waals surface area (Å²) in [4.78, 5) is 17.9. The summed E-state index contributed by atoms with van der Waals surface area (Å²) in [5.41, 5.74) is 1.43. The maximum atomic E-state index is 11.2. The Hall–Kier alpha value is -3.33. The first-order chi connectivity index (χ1) is 12.1. The van der Waals surface area contributed by atoms with Crippen LogP contribution in [0.4, 0.5) is 11.4 Å². The Bertz CT molecular complexity index is 1000. The van der Waals surface area contributed by atoms with E-state index < -0.39 is 5.97 Å². The number of aliphatic carboxylic acids is 1. The van der Waals surface area contributed by atoms with Gasteiger partial charge in [0, 0.05) is 30.1 Å². The average molecular weight is 335 g/mol. The number of carboxylic acid groups (broad SMARTS) is 1. The van der Waals surface area contributed by atoms with Gasteiger partial charge in [0.25, 0.3) is 0 Å². The van der Waals surface area contributed by atoms with E-state index in [-0.39, 0.29) is 5.57 Å². The number of rotatable bonds is 4. The first-order valence-corrected chi connectivity index (χ1v) is 8.00. The molecule has 2 aromatic carbocycles. The number of ether oxygens (including phenoxy) is 1. The number of benzene rings is 2. The fourth-order valence-electron chi connectivity index (χ4n) is 2.79. The highest BCUT2D eigenvalue weighted by Crippen LogP contribution is 2.36. The summed E-state index contributed by atoms with van der Waals surface area (Å²) in [5.74, 6) is -0.210. The van der Waals surface area contributed by atoms with Crippen LogP contribution >= 0.6 is 0 Å². The summed E-state index contributed by atoms with van der Waals surface area (Å²) in [6, 6.07) is 12.3. The van der Waals surface area contributed by atoms with Gasteiger partial charge in [0.2, 0.25) is 0 Å². The van der Waals surface area contributed by atoms with E-state index in [0.29, 0.717) is 22.1 Å². The van der Waals surface area contributed by atoms with Crippen molar-refractivity contribution in [2.75, 3.05) is 18.0 Å². The van der Waals surface area contributed by atoms with Gasteiger partial charge in [0.15, 0.2) is 11.5 Å². The standard InChI is InChI=1S/C19H17N3O3/c1-3-22(4-2)13-6-8-16-18(10-13)25-17-9-12(5-7-15(17)21-16)14(11-20)19(23)24/h5-10H,3-4H2,1-2H3,(H,23,24)/b14-12-. The lowest BCUT2D eigenvalue weighted by Gasteiger charge is -2.23. The van der Waals surface area contributed by atoms with Gasteiger partial charge in [0.05, 0.1) is 0 Å². The van der Waals surface area contributed by atoms with Crippen molar-refractivity contribution in [3.63, 3.8) is 0 Å². The monoisotopic (exact) mass is 335 g/mol. The highest BCUT2D eigenvalue weighted by molar-refractivity contribution is 6.14. The van der Waals surface area contributed by atoms with Crippen LogP contribution in [0.15, 0.2) is 41.4 Å². The Labute approximate surface area is 144 Å². The zero-order valence-corrected chi connectivity index (χ0v) is 14.0. The van der Waals surface area contributed by atoms with Crippen molar-refractivity contribution < 1.29 is 14.6 Å². The van der Waals surface area contributed by atoms with Gasteiger partial charge in [-0.2, -0.15) is 5.26 Å². The number of carbonyl (C=O) groups is 1. The first kappa shape index (κ1) is 16.5. The average Bonchev–Trinajstić information content (AvgIpc) is 2.61. The van der Waals surface area contributed by atoms with Gasteiger partial charge in [-0.1, -0.05) is 6.07 Å². The van der Waals surface area contributed by atoms with Gasteiger partial charge in [-0.3, -0.25) is 0 Å². The molecule has 0 amide bonds. The van der Waals surface area contributed by atoms with Crippen LogP contribution in [0.5, 0.6) is 11.5 Å². The lowest BCUT2D eigenvalue weighted by molar-refractivity contribution is -0.130. The molecule has 0 atom stereocenters. The molecule has 25 heavy (non-hydrogen) atoms. The molecule has 2 aromatic rings. The van der Waals surface area contributed by atoms with Gasteiger partial charge in [-0.15, -0.1) is 0 Å². The molecule has 126 valence electrons. The minimum Gasteiger partial charge on any atom is -0.477 e. The number of hydrogen-bond acceptors (Lipinski definition) is 5. The second-order valence-corrected chi connectivity index (χ2v) is 5.51. The molecular weight excluding hydrogens is 318 g/mol. The molecule has 3 rings (SSSR count). The molecule has 1 N–H and O–H groups in total. The van der Waals surface area contributed by atoms with Gasteiger partial charge in [-0.05, 0) is 38.1 Å². The lowest BCUT2D eigenvalue weighted by Crippen LogP contribution is -2.22. The van der Waals surface area contributed by atoms with Gasteiger partial charge >= 0.3 is 5.97 Å². The molecule has 6 nitrogen and oxygen atoms in total. The Balaban J connectivity index is 2.11. The van der Waals surface area contributed by atoms with E-state index in [2.05, 4.69) is 23.7 Å². The second-order valence-electron chi connectivity index (χ2n) is 5.51. The molecule has 0 saturated heterocycles. The van der Waals surface area contributed by atoms with Crippen molar-refractivity contribution in [2.45, 2.75) is 13.8 Å². The fourth-order valence-corrected chi connectivity index (χ4v) is 2.79. The number of carboxylic acids is 1. The summed E-state index contributed by atoms with van der Waals surface area (Å²) < 4.78 is 5.94. The summed E-state index contributed by atoms with van der Waals surface area (Å²) in [7, 11) is 0.